The zero-order valence-corrected chi connectivity index (χ0v) is 12.7. The van der Waals surface area contributed by atoms with Crippen molar-refractivity contribution < 1.29 is 4.74 Å². The Balaban J connectivity index is 2.12. The van der Waals surface area contributed by atoms with Crippen LogP contribution in [0.5, 0.6) is 11.5 Å². The Morgan fingerprint density at radius 3 is 2.52 bits per heavy atom. The second kappa shape index (κ2) is 5.43. The maximum absolute atomic E-state index is 6.02. The number of rotatable bonds is 2. The van der Waals surface area contributed by atoms with Crippen molar-refractivity contribution in [2.75, 3.05) is 5.73 Å². The van der Waals surface area contributed by atoms with E-state index in [0.29, 0.717) is 27.2 Å². The van der Waals surface area contributed by atoms with Crippen LogP contribution in [0, 0.1) is 6.92 Å². The molecule has 0 unspecified atom stereocenters. The largest absolute Gasteiger partial charge is 0.454 e. The van der Waals surface area contributed by atoms with Crippen molar-refractivity contribution in [3.63, 3.8) is 0 Å². The fraction of sp³-hybridized carbons (Fsp3) is 0.0625. The molecule has 0 aliphatic heterocycles. The number of halogens is 2. The molecule has 3 aromatic rings. The summed E-state index contributed by atoms with van der Waals surface area (Å²) in [5, 5.41) is 1.71. The number of para-hydroxylation sites is 1. The number of fused-ring (bicyclic) bond motifs is 1. The molecule has 0 atom stereocenters. The van der Waals surface area contributed by atoms with E-state index >= 15 is 0 Å². The predicted molar refractivity (Wildman–Crippen MR) is 87.4 cm³/mol. The van der Waals surface area contributed by atoms with Crippen LogP contribution in [0.25, 0.3) is 10.9 Å². The van der Waals surface area contributed by atoms with E-state index in [2.05, 4.69) is 4.98 Å². The van der Waals surface area contributed by atoms with E-state index in [0.717, 1.165) is 16.6 Å². The quantitative estimate of drug-likeness (QED) is 0.658. The van der Waals surface area contributed by atoms with Gasteiger partial charge < -0.3 is 10.5 Å². The Kier molecular flexibility index (Phi) is 3.62. The monoisotopic (exact) mass is 318 g/mol. The van der Waals surface area contributed by atoms with Gasteiger partial charge in [-0.25, -0.2) is 0 Å². The van der Waals surface area contributed by atoms with Gasteiger partial charge in [-0.1, -0.05) is 35.3 Å². The molecule has 5 heteroatoms. The number of aromatic nitrogens is 1. The van der Waals surface area contributed by atoms with Crippen molar-refractivity contribution in [2.45, 2.75) is 6.92 Å². The van der Waals surface area contributed by atoms with Crippen LogP contribution < -0.4 is 10.5 Å². The molecule has 106 valence electrons. The van der Waals surface area contributed by atoms with E-state index in [1.807, 2.05) is 37.3 Å². The zero-order chi connectivity index (χ0) is 15.0. The molecule has 21 heavy (non-hydrogen) atoms. The molecule has 0 aliphatic carbocycles. The van der Waals surface area contributed by atoms with Gasteiger partial charge in [-0.3, -0.25) is 4.98 Å². The highest BCUT2D eigenvalue weighted by atomic mass is 35.5. The number of hydrogen-bond donors (Lipinski definition) is 1. The summed E-state index contributed by atoms with van der Waals surface area (Å²) in [7, 11) is 0. The average Bonchev–Trinajstić information content (AvgIpc) is 2.44. The first-order valence-electron chi connectivity index (χ1n) is 6.33. The minimum absolute atomic E-state index is 0.399. The third-order valence-corrected chi connectivity index (χ3v) is 3.80. The zero-order valence-electron chi connectivity index (χ0n) is 11.2. The molecular weight excluding hydrogens is 307 g/mol. The lowest BCUT2D eigenvalue weighted by atomic mass is 10.2. The van der Waals surface area contributed by atoms with Gasteiger partial charge in [0, 0.05) is 23.2 Å². The smallest absolute Gasteiger partial charge is 0.151 e. The normalized spacial score (nSPS) is 10.8. The Morgan fingerprint density at radius 1 is 1.00 bits per heavy atom. The van der Waals surface area contributed by atoms with Gasteiger partial charge in [-0.15, -0.1) is 0 Å². The van der Waals surface area contributed by atoms with Gasteiger partial charge in [0.1, 0.15) is 5.75 Å². The van der Waals surface area contributed by atoms with Crippen LogP contribution >= 0.6 is 23.2 Å². The minimum atomic E-state index is 0.399. The van der Waals surface area contributed by atoms with E-state index in [1.165, 1.54) is 0 Å². The number of nitrogen functional groups attached to an aromatic ring is 1. The molecule has 0 saturated carbocycles. The van der Waals surface area contributed by atoms with Crippen molar-refractivity contribution >= 4 is 39.8 Å². The van der Waals surface area contributed by atoms with E-state index < -0.39 is 0 Å². The highest BCUT2D eigenvalue weighted by molar-refractivity contribution is 6.42. The van der Waals surface area contributed by atoms with Gasteiger partial charge in [0.05, 0.1) is 21.2 Å². The summed E-state index contributed by atoms with van der Waals surface area (Å²) in [6.45, 7) is 1.91. The number of nitrogens with zero attached hydrogens (tertiary/aromatic N) is 1. The third kappa shape index (κ3) is 2.75. The van der Waals surface area contributed by atoms with Crippen molar-refractivity contribution in [1.82, 2.24) is 4.98 Å². The van der Waals surface area contributed by atoms with Gasteiger partial charge in [0.15, 0.2) is 5.75 Å². The Labute approximate surface area is 132 Å². The number of ether oxygens (including phenoxy) is 1. The van der Waals surface area contributed by atoms with Gasteiger partial charge in [0.25, 0.3) is 0 Å². The highest BCUT2D eigenvalue weighted by Gasteiger charge is 2.10. The summed E-state index contributed by atoms with van der Waals surface area (Å²) in [6, 6.07) is 12.8. The topological polar surface area (TPSA) is 48.1 Å². The number of pyridine rings is 1. The first-order chi connectivity index (χ1) is 10.0. The number of benzene rings is 2. The molecule has 3 rings (SSSR count). The number of anilines is 1. The molecule has 1 aromatic heterocycles. The van der Waals surface area contributed by atoms with Gasteiger partial charge in [-0.2, -0.15) is 0 Å². The molecule has 0 radical (unpaired) electrons. The van der Waals surface area contributed by atoms with Gasteiger partial charge in [0.2, 0.25) is 0 Å². The Bertz CT molecular complexity index is 834. The van der Waals surface area contributed by atoms with E-state index in [1.54, 1.807) is 12.1 Å². The van der Waals surface area contributed by atoms with Crippen molar-refractivity contribution in [3.05, 3.63) is 58.2 Å². The second-order valence-corrected chi connectivity index (χ2v) is 5.50. The lowest BCUT2D eigenvalue weighted by molar-refractivity contribution is 0.490. The van der Waals surface area contributed by atoms with Crippen LogP contribution in [0.2, 0.25) is 10.0 Å². The molecule has 3 nitrogen and oxygen atoms in total. The summed E-state index contributed by atoms with van der Waals surface area (Å²) in [4.78, 5) is 4.47. The van der Waals surface area contributed by atoms with Crippen molar-refractivity contribution in [3.8, 4) is 11.5 Å². The third-order valence-electron chi connectivity index (χ3n) is 3.08. The Hall–Kier alpha value is -1.97. The van der Waals surface area contributed by atoms with Crippen LogP contribution in [-0.4, -0.2) is 4.98 Å². The molecule has 2 N–H and O–H groups in total. The van der Waals surface area contributed by atoms with Crippen LogP contribution in [0.4, 0.5) is 5.69 Å². The van der Waals surface area contributed by atoms with Crippen LogP contribution in [-0.2, 0) is 0 Å². The standard InChI is InChI=1S/C16H12Cl2N2O/c1-9-6-15(10-4-2-3-5-14(10)20-9)21-16-8-12(18)11(17)7-13(16)19/h2-8H,19H2,1H3. The number of nitrogens with two attached hydrogens (primary N) is 1. The summed E-state index contributed by atoms with van der Waals surface area (Å²) in [5.74, 6) is 1.16. The fourth-order valence-corrected chi connectivity index (χ4v) is 2.43. The SMILES string of the molecule is Cc1cc(Oc2cc(Cl)c(Cl)cc2N)c2ccccc2n1. The number of aryl methyl sites for hydroxylation is 1. The summed E-state index contributed by atoms with van der Waals surface area (Å²) < 4.78 is 5.93. The molecule has 0 spiro atoms. The average molecular weight is 319 g/mol. The minimum Gasteiger partial charge on any atom is -0.454 e. The van der Waals surface area contributed by atoms with Crippen LogP contribution in [0.1, 0.15) is 5.69 Å². The van der Waals surface area contributed by atoms with Crippen molar-refractivity contribution in [1.29, 1.82) is 0 Å². The summed E-state index contributed by atoms with van der Waals surface area (Å²) >= 11 is 12.0. The number of hydrogen-bond acceptors (Lipinski definition) is 3. The highest BCUT2D eigenvalue weighted by Crippen LogP contribution is 2.37. The lowest BCUT2D eigenvalue weighted by Crippen LogP contribution is -1.95. The molecular formula is C16H12Cl2N2O. The second-order valence-electron chi connectivity index (χ2n) is 4.69. The molecule has 0 saturated heterocycles. The molecule has 0 bridgehead atoms. The molecule has 1 heterocycles. The van der Waals surface area contributed by atoms with E-state index in [4.69, 9.17) is 33.7 Å². The first kappa shape index (κ1) is 14.0. The van der Waals surface area contributed by atoms with Crippen molar-refractivity contribution in [2.24, 2.45) is 0 Å². The molecule has 0 fully saturated rings. The fourth-order valence-electron chi connectivity index (χ4n) is 2.10. The first-order valence-corrected chi connectivity index (χ1v) is 7.09. The van der Waals surface area contributed by atoms with Gasteiger partial charge in [-0.05, 0) is 25.1 Å². The summed E-state index contributed by atoms with van der Waals surface area (Å²) in [5.41, 5.74) is 8.10. The van der Waals surface area contributed by atoms with E-state index in [9.17, 15) is 0 Å². The lowest BCUT2D eigenvalue weighted by Gasteiger charge is -2.12. The molecule has 2 aromatic carbocycles. The van der Waals surface area contributed by atoms with Crippen LogP contribution in [0.15, 0.2) is 42.5 Å². The van der Waals surface area contributed by atoms with Crippen LogP contribution in [0.3, 0.4) is 0 Å². The predicted octanol–water partition coefficient (Wildman–Crippen LogP) is 5.22. The maximum atomic E-state index is 6.02. The Morgan fingerprint density at radius 2 is 1.71 bits per heavy atom. The summed E-state index contributed by atoms with van der Waals surface area (Å²) in [6.07, 6.45) is 0. The maximum Gasteiger partial charge on any atom is 0.151 e. The molecule has 0 aliphatic rings. The molecule has 0 amide bonds. The van der Waals surface area contributed by atoms with Gasteiger partial charge >= 0.3 is 0 Å². The van der Waals surface area contributed by atoms with E-state index in [-0.39, 0.29) is 0 Å².